The summed E-state index contributed by atoms with van der Waals surface area (Å²) in [5.74, 6) is -0.782. The summed E-state index contributed by atoms with van der Waals surface area (Å²) in [6.07, 6.45) is 1.13. The molecule has 2 rings (SSSR count). The smallest absolute Gasteiger partial charge is 0.342 e. The van der Waals surface area contributed by atoms with Crippen LogP contribution in [0.1, 0.15) is 22.8 Å². The summed E-state index contributed by atoms with van der Waals surface area (Å²) < 4.78 is 29.5. The van der Waals surface area contributed by atoms with E-state index in [0.717, 1.165) is 16.4 Å². The van der Waals surface area contributed by atoms with Gasteiger partial charge >= 0.3 is 5.97 Å². The van der Waals surface area contributed by atoms with Gasteiger partial charge < -0.3 is 4.74 Å². The Morgan fingerprint density at radius 2 is 1.95 bits per heavy atom. The minimum atomic E-state index is -4.17. The van der Waals surface area contributed by atoms with Crippen molar-refractivity contribution in [3.8, 4) is 5.69 Å². The molecule has 0 atom stereocenters. The van der Waals surface area contributed by atoms with Gasteiger partial charge in [0.1, 0.15) is 5.56 Å². The molecular weight excluding hydrogens is 316 g/mol. The number of hydrogen-bond donors (Lipinski definition) is 0. The van der Waals surface area contributed by atoms with Crippen molar-refractivity contribution in [2.45, 2.75) is 18.9 Å². The summed E-state index contributed by atoms with van der Waals surface area (Å²) in [4.78, 5) is 11.8. The van der Waals surface area contributed by atoms with Crippen LogP contribution in [0.3, 0.4) is 0 Å². The van der Waals surface area contributed by atoms with Crippen LogP contribution in [0.5, 0.6) is 0 Å². The third kappa shape index (κ3) is 3.25. The second kappa shape index (κ2) is 5.87. The molecule has 0 bridgehead atoms. The lowest BCUT2D eigenvalue weighted by Crippen LogP contribution is -2.11. The Hall–Kier alpha value is -1.86. The second-order valence-corrected chi connectivity index (χ2v) is 6.75. The highest BCUT2D eigenvalue weighted by molar-refractivity contribution is 8.13. The van der Waals surface area contributed by atoms with Crippen molar-refractivity contribution in [1.29, 1.82) is 0 Å². The molecule has 0 unspecified atom stereocenters. The third-order valence-electron chi connectivity index (χ3n) is 2.73. The Morgan fingerprint density at radius 3 is 2.48 bits per heavy atom. The maximum Gasteiger partial charge on any atom is 0.342 e. The number of ether oxygens (including phenoxy) is 1. The third-order valence-corrected chi connectivity index (χ3v) is 4.02. The molecule has 0 N–H and O–H groups in total. The maximum atomic E-state index is 11.8. The van der Waals surface area contributed by atoms with Crippen LogP contribution >= 0.6 is 10.7 Å². The van der Waals surface area contributed by atoms with Crippen molar-refractivity contribution in [3.05, 3.63) is 41.6 Å². The van der Waals surface area contributed by atoms with Crippen molar-refractivity contribution in [1.82, 2.24) is 9.78 Å². The Kier molecular flexibility index (Phi) is 4.34. The lowest BCUT2D eigenvalue weighted by atomic mass is 10.2. The lowest BCUT2D eigenvalue weighted by Gasteiger charge is -2.07. The van der Waals surface area contributed by atoms with Crippen molar-refractivity contribution in [2.24, 2.45) is 0 Å². The number of esters is 1. The number of aryl methyl sites for hydroxylation is 1. The molecular formula is C13H13ClN2O4S. The van der Waals surface area contributed by atoms with E-state index in [1.807, 2.05) is 6.92 Å². The topological polar surface area (TPSA) is 78.3 Å². The summed E-state index contributed by atoms with van der Waals surface area (Å²) in [5.41, 5.74) is 1.30. The number of aromatic nitrogens is 2. The first-order valence-electron chi connectivity index (χ1n) is 6.11. The van der Waals surface area contributed by atoms with Crippen molar-refractivity contribution < 1.29 is 17.9 Å². The maximum absolute atomic E-state index is 11.8. The van der Waals surface area contributed by atoms with Gasteiger partial charge in [-0.3, -0.25) is 0 Å². The van der Waals surface area contributed by atoms with E-state index in [2.05, 4.69) is 5.10 Å². The first-order chi connectivity index (χ1) is 9.84. The fourth-order valence-electron chi connectivity index (χ4n) is 1.79. The van der Waals surface area contributed by atoms with Crippen molar-refractivity contribution in [3.63, 3.8) is 0 Å². The Morgan fingerprint density at radius 1 is 1.33 bits per heavy atom. The molecule has 0 amide bonds. The number of nitrogens with zero attached hydrogens (tertiary/aromatic N) is 2. The SMILES string of the molecule is CCOC(=O)c1cnn(-c2ccc(C)cc2)c1S(=O)(=O)Cl. The van der Waals surface area contributed by atoms with Crippen LogP contribution in [0.4, 0.5) is 0 Å². The van der Waals surface area contributed by atoms with Crippen LogP contribution in [-0.4, -0.2) is 30.8 Å². The predicted octanol–water partition coefficient (Wildman–Crippen LogP) is 2.28. The Bertz CT molecular complexity index is 766. The monoisotopic (exact) mass is 328 g/mol. The molecule has 1 aromatic heterocycles. The van der Waals surface area contributed by atoms with E-state index in [1.54, 1.807) is 31.2 Å². The molecule has 0 aliphatic rings. The molecule has 0 saturated heterocycles. The molecule has 1 heterocycles. The van der Waals surface area contributed by atoms with Crippen LogP contribution in [0, 0.1) is 6.92 Å². The van der Waals surface area contributed by atoms with E-state index in [0.29, 0.717) is 5.69 Å². The minimum absolute atomic E-state index is 0.121. The van der Waals surface area contributed by atoms with E-state index in [1.165, 1.54) is 0 Å². The molecule has 0 spiro atoms. The zero-order chi connectivity index (χ0) is 15.6. The Labute approximate surface area is 126 Å². The van der Waals surface area contributed by atoms with Crippen molar-refractivity contribution >= 4 is 25.7 Å². The Balaban J connectivity index is 2.63. The standard InChI is InChI=1S/C13H13ClN2O4S/c1-3-20-13(17)11-8-15-16(12(11)21(14,18)19)10-6-4-9(2)5-7-10/h4-8H,3H2,1-2H3. The van der Waals surface area contributed by atoms with Gasteiger partial charge in [0.2, 0.25) is 0 Å². The van der Waals surface area contributed by atoms with E-state index >= 15 is 0 Å². The fourth-order valence-corrected chi connectivity index (χ4v) is 2.99. The van der Waals surface area contributed by atoms with Gasteiger partial charge in [-0.25, -0.2) is 17.9 Å². The number of halogens is 1. The van der Waals surface area contributed by atoms with Gasteiger partial charge in [0.15, 0.2) is 5.03 Å². The second-order valence-electron chi connectivity index (χ2n) is 4.27. The summed E-state index contributed by atoms with van der Waals surface area (Å²) in [6, 6.07) is 6.96. The van der Waals surface area contributed by atoms with Crippen LogP contribution < -0.4 is 0 Å². The largest absolute Gasteiger partial charge is 0.462 e. The first kappa shape index (κ1) is 15.5. The van der Waals surface area contributed by atoms with Crippen LogP contribution in [-0.2, 0) is 13.8 Å². The number of benzene rings is 1. The average Bonchev–Trinajstić information content (AvgIpc) is 2.84. The zero-order valence-electron chi connectivity index (χ0n) is 11.4. The van der Waals surface area contributed by atoms with E-state index in [4.69, 9.17) is 15.4 Å². The summed E-state index contributed by atoms with van der Waals surface area (Å²) in [6.45, 7) is 3.64. The van der Waals surface area contributed by atoms with Gasteiger partial charge in [0.05, 0.1) is 18.5 Å². The van der Waals surface area contributed by atoms with Gasteiger partial charge in [-0.2, -0.15) is 5.10 Å². The van der Waals surface area contributed by atoms with Gasteiger partial charge in [0.25, 0.3) is 9.05 Å². The molecule has 1 aromatic carbocycles. The molecule has 8 heteroatoms. The summed E-state index contributed by atoms with van der Waals surface area (Å²) >= 11 is 0. The summed E-state index contributed by atoms with van der Waals surface area (Å²) in [5, 5.41) is 3.54. The highest BCUT2D eigenvalue weighted by Gasteiger charge is 2.28. The number of carbonyl (C=O) groups is 1. The molecule has 0 saturated carbocycles. The number of carbonyl (C=O) groups excluding carboxylic acids is 1. The zero-order valence-corrected chi connectivity index (χ0v) is 13.0. The number of rotatable bonds is 4. The highest BCUT2D eigenvalue weighted by atomic mass is 35.7. The van der Waals surface area contributed by atoms with Gasteiger partial charge in [-0.15, -0.1) is 0 Å². The van der Waals surface area contributed by atoms with Crippen LogP contribution in [0.15, 0.2) is 35.5 Å². The molecule has 2 aromatic rings. The average molecular weight is 329 g/mol. The first-order valence-corrected chi connectivity index (χ1v) is 8.42. The number of hydrogen-bond acceptors (Lipinski definition) is 5. The van der Waals surface area contributed by atoms with Crippen molar-refractivity contribution in [2.75, 3.05) is 6.61 Å². The fraction of sp³-hybridized carbons (Fsp3) is 0.231. The highest BCUT2D eigenvalue weighted by Crippen LogP contribution is 2.24. The molecule has 0 fully saturated rings. The molecule has 112 valence electrons. The minimum Gasteiger partial charge on any atom is -0.462 e. The van der Waals surface area contributed by atoms with E-state index in [9.17, 15) is 13.2 Å². The molecule has 6 nitrogen and oxygen atoms in total. The molecule has 0 radical (unpaired) electrons. The summed E-state index contributed by atoms with van der Waals surface area (Å²) in [7, 11) is 1.27. The van der Waals surface area contributed by atoms with Crippen LogP contribution in [0.25, 0.3) is 5.69 Å². The van der Waals surface area contributed by atoms with Gasteiger partial charge in [0, 0.05) is 10.7 Å². The van der Waals surface area contributed by atoms with Gasteiger partial charge in [-0.1, -0.05) is 17.7 Å². The van der Waals surface area contributed by atoms with E-state index < -0.39 is 20.0 Å². The quantitative estimate of drug-likeness (QED) is 0.635. The van der Waals surface area contributed by atoms with E-state index in [-0.39, 0.29) is 12.2 Å². The molecule has 21 heavy (non-hydrogen) atoms. The normalized spacial score (nSPS) is 11.4. The lowest BCUT2D eigenvalue weighted by molar-refractivity contribution is 0.0521. The predicted molar refractivity (Wildman–Crippen MR) is 77.3 cm³/mol. The van der Waals surface area contributed by atoms with Gasteiger partial charge in [-0.05, 0) is 26.0 Å². The van der Waals surface area contributed by atoms with Crippen LogP contribution in [0.2, 0.25) is 0 Å². The molecule has 0 aliphatic heterocycles. The molecule has 0 aliphatic carbocycles.